The smallest absolute Gasteiger partial charge is 0.242 e. The van der Waals surface area contributed by atoms with Crippen molar-refractivity contribution >= 4 is 28.7 Å². The van der Waals surface area contributed by atoms with Crippen LogP contribution in [0.1, 0.15) is 18.3 Å². The number of hydrogen-bond acceptors (Lipinski definition) is 3. The van der Waals surface area contributed by atoms with E-state index in [1.54, 1.807) is 18.1 Å². The Morgan fingerprint density at radius 2 is 2.25 bits per heavy atom. The number of amides is 1. The first-order valence-corrected chi connectivity index (χ1v) is 7.22. The standard InChI is InChI=1S/C14H19ClN4O/c1-4-18(3)12(20)9-19-11(5-7-15)17-13-10(2)6-8-16-14(13)19/h6,8H,4-5,7,9H2,1-3H3. The second-order valence-electron chi connectivity index (χ2n) is 4.76. The van der Waals surface area contributed by atoms with Crippen molar-refractivity contribution in [2.24, 2.45) is 0 Å². The summed E-state index contributed by atoms with van der Waals surface area (Å²) in [5.74, 6) is 1.33. The van der Waals surface area contributed by atoms with Crippen LogP contribution in [0.4, 0.5) is 0 Å². The molecule has 0 spiro atoms. The molecule has 0 radical (unpaired) electrons. The third-order valence-corrected chi connectivity index (χ3v) is 3.62. The molecule has 0 bridgehead atoms. The molecule has 0 aliphatic heterocycles. The van der Waals surface area contributed by atoms with E-state index in [0.29, 0.717) is 18.8 Å². The highest BCUT2D eigenvalue weighted by Gasteiger charge is 2.17. The van der Waals surface area contributed by atoms with E-state index >= 15 is 0 Å². The van der Waals surface area contributed by atoms with Crippen LogP contribution >= 0.6 is 11.6 Å². The summed E-state index contributed by atoms with van der Waals surface area (Å²) in [6.07, 6.45) is 2.37. The summed E-state index contributed by atoms with van der Waals surface area (Å²) in [7, 11) is 1.79. The van der Waals surface area contributed by atoms with Crippen molar-refractivity contribution in [1.82, 2.24) is 19.4 Å². The zero-order chi connectivity index (χ0) is 14.7. The normalized spacial score (nSPS) is 11.0. The van der Waals surface area contributed by atoms with Crippen LogP contribution in [0.2, 0.25) is 0 Å². The van der Waals surface area contributed by atoms with Crippen LogP contribution in [0.3, 0.4) is 0 Å². The molecule has 0 unspecified atom stereocenters. The molecule has 0 atom stereocenters. The molecule has 2 rings (SSSR count). The number of rotatable bonds is 5. The minimum Gasteiger partial charge on any atom is -0.344 e. The number of pyridine rings is 1. The number of hydrogen-bond donors (Lipinski definition) is 0. The molecule has 2 aromatic heterocycles. The number of nitrogens with zero attached hydrogens (tertiary/aromatic N) is 4. The number of halogens is 1. The lowest BCUT2D eigenvalue weighted by Crippen LogP contribution is -2.30. The molecule has 0 saturated carbocycles. The molecular weight excluding hydrogens is 276 g/mol. The lowest BCUT2D eigenvalue weighted by molar-refractivity contribution is -0.130. The number of aromatic nitrogens is 3. The quantitative estimate of drug-likeness (QED) is 0.793. The van der Waals surface area contributed by atoms with Gasteiger partial charge in [-0.1, -0.05) is 0 Å². The molecule has 0 fully saturated rings. The predicted molar refractivity (Wildman–Crippen MR) is 80.0 cm³/mol. The summed E-state index contributed by atoms with van der Waals surface area (Å²) in [5.41, 5.74) is 2.66. The summed E-state index contributed by atoms with van der Waals surface area (Å²) in [4.78, 5) is 22.8. The van der Waals surface area contributed by atoms with Crippen LogP contribution in [-0.2, 0) is 17.8 Å². The van der Waals surface area contributed by atoms with Gasteiger partial charge in [-0.25, -0.2) is 9.97 Å². The number of aryl methyl sites for hydroxylation is 2. The lowest BCUT2D eigenvalue weighted by Gasteiger charge is -2.16. The minimum absolute atomic E-state index is 0.0472. The minimum atomic E-state index is 0.0472. The van der Waals surface area contributed by atoms with Gasteiger partial charge in [-0.05, 0) is 25.5 Å². The maximum atomic E-state index is 12.1. The van der Waals surface area contributed by atoms with Crippen molar-refractivity contribution in [1.29, 1.82) is 0 Å². The molecule has 2 heterocycles. The van der Waals surface area contributed by atoms with E-state index in [-0.39, 0.29) is 12.5 Å². The fourth-order valence-corrected chi connectivity index (χ4v) is 2.23. The SMILES string of the molecule is CCN(C)C(=O)Cn1c(CCCl)nc2c(C)ccnc21. The van der Waals surface area contributed by atoms with Crippen molar-refractivity contribution < 1.29 is 4.79 Å². The summed E-state index contributed by atoms with van der Waals surface area (Å²) in [5, 5.41) is 0. The van der Waals surface area contributed by atoms with Crippen LogP contribution < -0.4 is 0 Å². The number of fused-ring (bicyclic) bond motifs is 1. The summed E-state index contributed by atoms with van der Waals surface area (Å²) >= 11 is 5.83. The van der Waals surface area contributed by atoms with Gasteiger partial charge in [0.25, 0.3) is 0 Å². The van der Waals surface area contributed by atoms with E-state index in [0.717, 1.165) is 22.6 Å². The van der Waals surface area contributed by atoms with Crippen molar-refractivity contribution in [2.75, 3.05) is 19.5 Å². The molecule has 20 heavy (non-hydrogen) atoms. The molecule has 108 valence electrons. The van der Waals surface area contributed by atoms with Crippen molar-refractivity contribution in [3.05, 3.63) is 23.7 Å². The molecule has 0 aliphatic carbocycles. The third kappa shape index (κ3) is 2.77. The van der Waals surface area contributed by atoms with Gasteiger partial charge in [0.2, 0.25) is 5.91 Å². The van der Waals surface area contributed by atoms with Crippen LogP contribution in [0, 0.1) is 6.92 Å². The molecule has 0 N–H and O–H groups in total. The Morgan fingerprint density at radius 1 is 1.50 bits per heavy atom. The number of carbonyl (C=O) groups is 1. The van der Waals surface area contributed by atoms with Crippen molar-refractivity contribution in [2.45, 2.75) is 26.8 Å². The zero-order valence-electron chi connectivity index (χ0n) is 12.1. The maximum Gasteiger partial charge on any atom is 0.242 e. The molecule has 0 aliphatic rings. The van der Waals surface area contributed by atoms with Crippen molar-refractivity contribution in [3.63, 3.8) is 0 Å². The molecule has 2 aromatic rings. The number of carbonyl (C=O) groups excluding carboxylic acids is 1. The lowest BCUT2D eigenvalue weighted by atomic mass is 10.3. The van der Waals surface area contributed by atoms with Gasteiger partial charge in [-0.15, -0.1) is 11.6 Å². The molecule has 0 saturated heterocycles. The molecule has 6 heteroatoms. The van der Waals surface area contributed by atoms with Crippen LogP contribution in [0.15, 0.2) is 12.3 Å². The highest BCUT2D eigenvalue weighted by molar-refractivity contribution is 6.17. The highest BCUT2D eigenvalue weighted by atomic mass is 35.5. The zero-order valence-corrected chi connectivity index (χ0v) is 12.8. The van der Waals surface area contributed by atoms with Crippen LogP contribution in [0.25, 0.3) is 11.2 Å². The van der Waals surface area contributed by atoms with Crippen LogP contribution in [0.5, 0.6) is 0 Å². The van der Waals surface area contributed by atoms with E-state index in [2.05, 4.69) is 9.97 Å². The Kier molecular flexibility index (Phi) is 4.60. The first-order chi connectivity index (χ1) is 9.58. The second-order valence-corrected chi connectivity index (χ2v) is 5.14. The Morgan fingerprint density at radius 3 is 2.90 bits per heavy atom. The average molecular weight is 295 g/mol. The van der Waals surface area contributed by atoms with Gasteiger partial charge in [0.05, 0.1) is 0 Å². The summed E-state index contributed by atoms with van der Waals surface area (Å²) in [6, 6.07) is 1.92. The Balaban J connectivity index is 2.46. The first kappa shape index (κ1) is 14.8. The largest absolute Gasteiger partial charge is 0.344 e. The van der Waals surface area contributed by atoms with E-state index in [1.165, 1.54) is 0 Å². The van der Waals surface area contributed by atoms with Gasteiger partial charge >= 0.3 is 0 Å². The molecule has 0 aromatic carbocycles. The summed E-state index contributed by atoms with van der Waals surface area (Å²) < 4.78 is 1.87. The fourth-order valence-electron chi connectivity index (χ4n) is 2.06. The fraction of sp³-hybridized carbons (Fsp3) is 0.500. The Hall–Kier alpha value is -1.62. The second kappa shape index (κ2) is 6.22. The highest BCUT2D eigenvalue weighted by Crippen LogP contribution is 2.18. The monoisotopic (exact) mass is 294 g/mol. The van der Waals surface area contributed by atoms with Gasteiger partial charge < -0.3 is 9.47 Å². The molecular formula is C14H19ClN4O. The van der Waals surface area contributed by atoms with E-state index in [1.807, 2.05) is 24.5 Å². The Labute approximate surface area is 123 Å². The molecule has 5 nitrogen and oxygen atoms in total. The van der Waals surface area contributed by atoms with E-state index in [9.17, 15) is 4.79 Å². The third-order valence-electron chi connectivity index (χ3n) is 3.43. The van der Waals surface area contributed by atoms with E-state index in [4.69, 9.17) is 11.6 Å². The molecule has 1 amide bonds. The average Bonchev–Trinajstić information content (AvgIpc) is 2.78. The number of alkyl halides is 1. The van der Waals surface area contributed by atoms with Crippen molar-refractivity contribution in [3.8, 4) is 0 Å². The summed E-state index contributed by atoms with van der Waals surface area (Å²) in [6.45, 7) is 4.88. The van der Waals surface area contributed by atoms with Gasteiger partial charge in [0.15, 0.2) is 5.65 Å². The topological polar surface area (TPSA) is 51.0 Å². The van der Waals surface area contributed by atoms with Gasteiger partial charge in [0.1, 0.15) is 17.9 Å². The predicted octanol–water partition coefficient (Wildman–Crippen LogP) is 2.00. The first-order valence-electron chi connectivity index (χ1n) is 6.69. The van der Waals surface area contributed by atoms with Gasteiger partial charge in [-0.2, -0.15) is 0 Å². The van der Waals surface area contributed by atoms with E-state index < -0.39 is 0 Å². The number of imidazole rings is 1. The maximum absolute atomic E-state index is 12.1. The number of likely N-dealkylation sites (N-methyl/N-ethyl adjacent to an activating group) is 1. The van der Waals surface area contributed by atoms with Gasteiger partial charge in [0, 0.05) is 32.1 Å². The van der Waals surface area contributed by atoms with Gasteiger partial charge in [-0.3, -0.25) is 4.79 Å². The Bertz CT molecular complexity index is 623. The van der Waals surface area contributed by atoms with Crippen LogP contribution in [-0.4, -0.2) is 44.8 Å².